The molecule has 7 nitrogen and oxygen atoms in total. The molecule has 180 valence electrons. The van der Waals surface area contributed by atoms with E-state index in [-0.39, 0.29) is 17.6 Å². The molecule has 4 aromatic rings. The SMILES string of the molecule is CC[C@@H](C)c1nc(N2CCCN(C(=O)c3ccc(F)cc3)CC2)c2cnn(-c3ccccc3)c2n1. The first-order chi connectivity index (χ1) is 17.0. The molecule has 0 aliphatic carbocycles. The average molecular weight is 473 g/mol. The van der Waals surface area contributed by atoms with Gasteiger partial charge in [0, 0.05) is 37.7 Å². The first-order valence-corrected chi connectivity index (χ1v) is 12.2. The van der Waals surface area contributed by atoms with Crippen molar-refractivity contribution in [1.82, 2.24) is 24.6 Å². The van der Waals surface area contributed by atoms with Crippen molar-refractivity contribution in [3.8, 4) is 5.69 Å². The number of aromatic nitrogens is 4. The number of rotatable bonds is 5. The first-order valence-electron chi connectivity index (χ1n) is 12.2. The largest absolute Gasteiger partial charge is 0.354 e. The number of halogens is 1. The number of hydrogen-bond donors (Lipinski definition) is 0. The molecule has 0 radical (unpaired) electrons. The highest BCUT2D eigenvalue weighted by atomic mass is 19.1. The predicted molar refractivity (Wildman–Crippen MR) is 134 cm³/mol. The second kappa shape index (κ2) is 9.82. The van der Waals surface area contributed by atoms with Gasteiger partial charge in [0.05, 0.1) is 17.3 Å². The van der Waals surface area contributed by atoms with Crippen molar-refractivity contribution >= 4 is 22.8 Å². The summed E-state index contributed by atoms with van der Waals surface area (Å²) in [6.07, 6.45) is 3.58. The molecule has 1 amide bonds. The fraction of sp³-hybridized carbons (Fsp3) is 0.333. The standard InChI is InChI=1S/C27H29FN6O/c1-3-19(2)24-30-25(23-18-29-34(26(23)31-24)22-8-5-4-6-9-22)32-14-7-15-33(17-16-32)27(35)20-10-12-21(28)13-11-20/h4-6,8-13,18-19H,3,7,14-17H2,1-2H3/t19-/m1/s1. The molecule has 1 aliphatic heterocycles. The Bertz CT molecular complexity index is 1320. The molecule has 35 heavy (non-hydrogen) atoms. The molecule has 2 aromatic heterocycles. The van der Waals surface area contributed by atoms with Crippen LogP contribution < -0.4 is 4.90 Å². The molecular formula is C27H29FN6O. The van der Waals surface area contributed by atoms with Crippen LogP contribution in [0.3, 0.4) is 0 Å². The van der Waals surface area contributed by atoms with Gasteiger partial charge in [-0.25, -0.2) is 19.0 Å². The minimum Gasteiger partial charge on any atom is -0.354 e. The summed E-state index contributed by atoms with van der Waals surface area (Å²) < 4.78 is 15.2. The summed E-state index contributed by atoms with van der Waals surface area (Å²) in [5.74, 6) is 1.46. The van der Waals surface area contributed by atoms with Gasteiger partial charge in [0.15, 0.2) is 5.65 Å². The number of carbonyl (C=O) groups is 1. The van der Waals surface area contributed by atoms with E-state index >= 15 is 0 Å². The number of amides is 1. The van der Waals surface area contributed by atoms with Gasteiger partial charge in [0.1, 0.15) is 17.5 Å². The Morgan fingerprint density at radius 1 is 1.00 bits per heavy atom. The van der Waals surface area contributed by atoms with E-state index in [0.29, 0.717) is 25.2 Å². The third-order valence-corrected chi connectivity index (χ3v) is 6.65. The minimum absolute atomic E-state index is 0.0723. The number of fused-ring (bicyclic) bond motifs is 1. The van der Waals surface area contributed by atoms with Crippen molar-refractivity contribution in [1.29, 1.82) is 0 Å². The molecule has 2 aromatic carbocycles. The van der Waals surface area contributed by atoms with E-state index in [1.807, 2.05) is 46.1 Å². The third kappa shape index (κ3) is 4.60. The molecule has 5 rings (SSSR count). The van der Waals surface area contributed by atoms with Crippen LogP contribution in [0.15, 0.2) is 60.8 Å². The van der Waals surface area contributed by atoms with Gasteiger partial charge in [-0.2, -0.15) is 5.10 Å². The van der Waals surface area contributed by atoms with Crippen molar-refractivity contribution in [2.75, 3.05) is 31.1 Å². The van der Waals surface area contributed by atoms with E-state index in [1.54, 1.807) is 12.1 Å². The summed E-state index contributed by atoms with van der Waals surface area (Å²) in [6.45, 7) is 6.90. The average Bonchev–Trinajstić information content (AvgIpc) is 3.17. The molecule has 0 spiro atoms. The topological polar surface area (TPSA) is 67.2 Å². The second-order valence-electron chi connectivity index (χ2n) is 8.98. The van der Waals surface area contributed by atoms with Crippen LogP contribution >= 0.6 is 0 Å². The lowest BCUT2D eigenvalue weighted by Crippen LogP contribution is -2.35. The molecule has 0 saturated carbocycles. The maximum atomic E-state index is 13.3. The smallest absolute Gasteiger partial charge is 0.253 e. The van der Waals surface area contributed by atoms with Gasteiger partial charge in [0.25, 0.3) is 5.91 Å². The Balaban J connectivity index is 1.47. The molecule has 1 saturated heterocycles. The van der Waals surface area contributed by atoms with Crippen LogP contribution in [-0.2, 0) is 0 Å². The quantitative estimate of drug-likeness (QED) is 0.417. The number of benzene rings is 2. The van der Waals surface area contributed by atoms with Crippen LogP contribution in [-0.4, -0.2) is 56.7 Å². The highest BCUT2D eigenvalue weighted by Crippen LogP contribution is 2.29. The zero-order valence-electron chi connectivity index (χ0n) is 20.1. The molecule has 1 fully saturated rings. The summed E-state index contributed by atoms with van der Waals surface area (Å²) in [7, 11) is 0. The van der Waals surface area contributed by atoms with E-state index in [0.717, 1.165) is 47.7 Å². The number of carbonyl (C=O) groups excluding carboxylic acids is 1. The van der Waals surface area contributed by atoms with Gasteiger partial charge >= 0.3 is 0 Å². The Morgan fingerprint density at radius 3 is 2.51 bits per heavy atom. The highest BCUT2D eigenvalue weighted by molar-refractivity contribution is 5.94. The first kappa shape index (κ1) is 23.0. The fourth-order valence-corrected chi connectivity index (χ4v) is 4.42. The Labute approximate surface area is 204 Å². The van der Waals surface area contributed by atoms with Gasteiger partial charge < -0.3 is 9.80 Å². The summed E-state index contributed by atoms with van der Waals surface area (Å²) in [4.78, 5) is 27.0. The number of anilines is 1. The summed E-state index contributed by atoms with van der Waals surface area (Å²) in [5, 5.41) is 5.56. The lowest BCUT2D eigenvalue weighted by Gasteiger charge is -2.24. The van der Waals surface area contributed by atoms with Gasteiger partial charge in [-0.15, -0.1) is 0 Å². The zero-order chi connectivity index (χ0) is 24.4. The molecule has 0 bridgehead atoms. The monoisotopic (exact) mass is 472 g/mol. The van der Waals surface area contributed by atoms with Gasteiger partial charge in [0.2, 0.25) is 0 Å². The van der Waals surface area contributed by atoms with Crippen molar-refractivity contribution in [2.45, 2.75) is 32.6 Å². The Morgan fingerprint density at radius 2 is 1.77 bits per heavy atom. The highest BCUT2D eigenvalue weighted by Gasteiger charge is 2.25. The molecule has 1 aliphatic rings. The lowest BCUT2D eigenvalue weighted by molar-refractivity contribution is 0.0767. The van der Waals surface area contributed by atoms with Crippen LogP contribution in [0, 0.1) is 5.82 Å². The van der Waals surface area contributed by atoms with Crippen molar-refractivity contribution in [3.63, 3.8) is 0 Å². The fourth-order valence-electron chi connectivity index (χ4n) is 4.42. The maximum Gasteiger partial charge on any atom is 0.253 e. The van der Waals surface area contributed by atoms with Gasteiger partial charge in [-0.1, -0.05) is 32.0 Å². The molecule has 3 heterocycles. The zero-order valence-corrected chi connectivity index (χ0v) is 20.1. The Kier molecular flexibility index (Phi) is 6.44. The normalized spacial score (nSPS) is 15.3. The van der Waals surface area contributed by atoms with Gasteiger partial charge in [-0.3, -0.25) is 4.79 Å². The molecule has 8 heteroatoms. The van der Waals surface area contributed by atoms with E-state index in [9.17, 15) is 9.18 Å². The van der Waals surface area contributed by atoms with Crippen LogP contribution in [0.5, 0.6) is 0 Å². The van der Waals surface area contributed by atoms with E-state index in [2.05, 4.69) is 23.8 Å². The van der Waals surface area contributed by atoms with E-state index in [4.69, 9.17) is 9.97 Å². The number of hydrogen-bond acceptors (Lipinski definition) is 5. The van der Waals surface area contributed by atoms with E-state index in [1.165, 1.54) is 12.1 Å². The summed E-state index contributed by atoms with van der Waals surface area (Å²) in [5.41, 5.74) is 2.25. The van der Waals surface area contributed by atoms with Crippen molar-refractivity contribution in [2.24, 2.45) is 0 Å². The van der Waals surface area contributed by atoms with Crippen LogP contribution in [0.1, 0.15) is 48.8 Å². The lowest BCUT2D eigenvalue weighted by atomic mass is 10.1. The number of para-hydroxylation sites is 1. The maximum absolute atomic E-state index is 13.3. The van der Waals surface area contributed by atoms with Crippen molar-refractivity contribution in [3.05, 3.63) is 78.0 Å². The van der Waals surface area contributed by atoms with Crippen LogP contribution in [0.2, 0.25) is 0 Å². The molecular weight excluding hydrogens is 443 g/mol. The van der Waals surface area contributed by atoms with Gasteiger partial charge in [-0.05, 0) is 49.2 Å². The Hall–Kier alpha value is -3.81. The summed E-state index contributed by atoms with van der Waals surface area (Å²) in [6, 6.07) is 15.7. The van der Waals surface area contributed by atoms with Crippen molar-refractivity contribution < 1.29 is 9.18 Å². The second-order valence-corrected chi connectivity index (χ2v) is 8.98. The number of nitrogens with zero attached hydrogens (tertiary/aromatic N) is 6. The van der Waals surface area contributed by atoms with Crippen LogP contribution in [0.25, 0.3) is 16.7 Å². The van der Waals surface area contributed by atoms with Crippen LogP contribution in [0.4, 0.5) is 10.2 Å². The molecule has 1 atom stereocenters. The molecule has 0 unspecified atom stereocenters. The predicted octanol–water partition coefficient (Wildman–Crippen LogP) is 4.82. The molecule has 0 N–H and O–H groups in total. The van der Waals surface area contributed by atoms with E-state index < -0.39 is 0 Å². The minimum atomic E-state index is -0.343. The summed E-state index contributed by atoms with van der Waals surface area (Å²) >= 11 is 0. The third-order valence-electron chi connectivity index (χ3n) is 6.65.